The number of rotatable bonds is 5. The summed E-state index contributed by atoms with van der Waals surface area (Å²) in [6, 6.07) is 0.881. The van der Waals surface area contributed by atoms with Crippen LogP contribution in [-0.4, -0.2) is 38.8 Å². The number of carbonyl (C=O) groups is 1. The second-order valence-corrected chi connectivity index (χ2v) is 4.84. The van der Waals surface area contributed by atoms with E-state index >= 15 is 0 Å². The van der Waals surface area contributed by atoms with E-state index in [0.717, 1.165) is 21.5 Å². The summed E-state index contributed by atoms with van der Waals surface area (Å²) < 4.78 is 0. The van der Waals surface area contributed by atoms with Gasteiger partial charge in [-0.1, -0.05) is 6.92 Å². The van der Waals surface area contributed by atoms with E-state index in [1.807, 2.05) is 13.0 Å². The molecule has 18 heavy (non-hydrogen) atoms. The maximum atomic E-state index is 10.9. The fourth-order valence-corrected chi connectivity index (χ4v) is 2.48. The molecule has 0 aliphatic heterocycles. The Morgan fingerprint density at radius 1 is 1.56 bits per heavy atom. The number of aliphatic hydroxyl groups excluding tert-OH is 1. The maximum absolute atomic E-state index is 10.9. The lowest BCUT2D eigenvalue weighted by molar-refractivity contribution is -0.138. The Bertz CT molecular complexity index is 570. The first-order valence-electron chi connectivity index (χ1n) is 5.49. The van der Waals surface area contributed by atoms with Crippen LogP contribution in [0.5, 0.6) is 0 Å². The number of nitrogens with one attached hydrogen (secondary N) is 1. The minimum Gasteiger partial charge on any atom is -0.480 e. The van der Waals surface area contributed by atoms with E-state index in [4.69, 9.17) is 10.2 Å². The lowest BCUT2D eigenvalue weighted by atomic mass is 10.2. The van der Waals surface area contributed by atoms with E-state index in [1.165, 1.54) is 6.33 Å². The zero-order valence-electron chi connectivity index (χ0n) is 9.75. The summed E-state index contributed by atoms with van der Waals surface area (Å²) in [5.41, 5.74) is 0. The van der Waals surface area contributed by atoms with Crippen LogP contribution in [0.4, 0.5) is 5.82 Å². The minimum atomic E-state index is -1.12. The van der Waals surface area contributed by atoms with Crippen molar-refractivity contribution in [3.8, 4) is 0 Å². The van der Waals surface area contributed by atoms with Crippen LogP contribution in [0.3, 0.4) is 0 Å². The van der Waals surface area contributed by atoms with Gasteiger partial charge in [-0.3, -0.25) is 0 Å². The average Bonchev–Trinajstić information content (AvgIpc) is 2.79. The van der Waals surface area contributed by atoms with Crippen molar-refractivity contribution in [1.82, 2.24) is 9.97 Å². The molecule has 2 heterocycles. The summed E-state index contributed by atoms with van der Waals surface area (Å²) >= 11 is 1.55. The Hall–Kier alpha value is -1.73. The molecule has 0 aliphatic carbocycles. The number of aliphatic carboxylic acids is 1. The van der Waals surface area contributed by atoms with E-state index in [9.17, 15) is 4.79 Å². The molecule has 2 rings (SSSR count). The van der Waals surface area contributed by atoms with Crippen LogP contribution in [0.15, 0.2) is 12.4 Å². The minimum absolute atomic E-state index is 0.442. The summed E-state index contributed by atoms with van der Waals surface area (Å²) in [5.74, 6) is -0.674. The molecule has 0 saturated heterocycles. The quantitative estimate of drug-likeness (QED) is 0.751. The molecule has 2 aromatic heterocycles. The molecule has 6 nitrogen and oxygen atoms in total. The van der Waals surface area contributed by atoms with Crippen molar-refractivity contribution in [2.75, 3.05) is 11.9 Å². The number of hydrogen-bond acceptors (Lipinski definition) is 6. The van der Waals surface area contributed by atoms with E-state index in [0.29, 0.717) is 5.82 Å². The predicted molar refractivity (Wildman–Crippen MR) is 68.9 cm³/mol. The van der Waals surface area contributed by atoms with Crippen LogP contribution < -0.4 is 5.32 Å². The molecule has 0 unspecified atom stereocenters. The van der Waals surface area contributed by atoms with Crippen molar-refractivity contribution in [2.45, 2.75) is 19.4 Å². The van der Waals surface area contributed by atoms with Gasteiger partial charge in [0.05, 0.1) is 12.0 Å². The molecule has 0 bridgehead atoms. The van der Waals surface area contributed by atoms with Gasteiger partial charge in [-0.15, -0.1) is 11.3 Å². The number of anilines is 1. The lowest BCUT2D eigenvalue weighted by Gasteiger charge is -2.12. The summed E-state index contributed by atoms with van der Waals surface area (Å²) in [6.07, 6.45) is 2.28. The van der Waals surface area contributed by atoms with Gasteiger partial charge >= 0.3 is 5.97 Å². The molecule has 0 saturated carbocycles. The van der Waals surface area contributed by atoms with Crippen molar-refractivity contribution in [1.29, 1.82) is 0 Å². The third-order valence-electron chi connectivity index (χ3n) is 2.52. The van der Waals surface area contributed by atoms with Crippen LogP contribution in [0.25, 0.3) is 10.2 Å². The number of hydrogen-bond donors (Lipinski definition) is 3. The number of aromatic nitrogens is 2. The molecule has 0 aliphatic rings. The Kier molecular flexibility index (Phi) is 3.73. The summed E-state index contributed by atoms with van der Waals surface area (Å²) in [7, 11) is 0. The zero-order chi connectivity index (χ0) is 13.1. The number of carboxylic acid groups (broad SMARTS) is 1. The number of aliphatic hydroxyl groups is 1. The van der Waals surface area contributed by atoms with Gasteiger partial charge in [0.1, 0.15) is 23.0 Å². The largest absolute Gasteiger partial charge is 0.480 e. The zero-order valence-corrected chi connectivity index (χ0v) is 10.6. The standard InChI is InChI=1S/C11H13N3O3S/c1-2-6-3-7-9(12-5-13-10(7)18-6)14-8(4-15)11(16)17/h3,5,8,15H,2,4H2,1H3,(H,16,17)(H,12,13,14)/t8-/m0/s1. The first-order valence-corrected chi connectivity index (χ1v) is 6.31. The van der Waals surface area contributed by atoms with E-state index in [1.54, 1.807) is 11.3 Å². The van der Waals surface area contributed by atoms with Crippen LogP contribution in [0, 0.1) is 0 Å². The van der Waals surface area contributed by atoms with Crippen molar-refractivity contribution in [3.63, 3.8) is 0 Å². The molecule has 0 fully saturated rings. The summed E-state index contributed by atoms with van der Waals surface area (Å²) in [4.78, 5) is 21.0. The van der Waals surface area contributed by atoms with Crippen LogP contribution in [-0.2, 0) is 11.2 Å². The number of fused-ring (bicyclic) bond motifs is 1. The fraction of sp³-hybridized carbons (Fsp3) is 0.364. The van der Waals surface area contributed by atoms with Crippen molar-refractivity contribution < 1.29 is 15.0 Å². The highest BCUT2D eigenvalue weighted by Crippen LogP contribution is 2.28. The van der Waals surface area contributed by atoms with Gasteiger partial charge in [-0.2, -0.15) is 0 Å². The molecule has 0 amide bonds. The molecule has 96 valence electrons. The third-order valence-corrected chi connectivity index (χ3v) is 3.71. The average molecular weight is 267 g/mol. The molecule has 3 N–H and O–H groups in total. The highest BCUT2D eigenvalue weighted by Gasteiger charge is 2.18. The monoisotopic (exact) mass is 267 g/mol. The highest BCUT2D eigenvalue weighted by molar-refractivity contribution is 7.18. The molecular weight excluding hydrogens is 254 g/mol. The molecule has 1 atom stereocenters. The first-order chi connectivity index (χ1) is 8.65. The lowest BCUT2D eigenvalue weighted by Crippen LogP contribution is -2.33. The number of nitrogens with zero attached hydrogens (tertiary/aromatic N) is 2. The molecule has 2 aromatic rings. The Balaban J connectivity index is 2.38. The Morgan fingerprint density at radius 2 is 2.33 bits per heavy atom. The van der Waals surface area contributed by atoms with Gasteiger partial charge in [0, 0.05) is 4.88 Å². The van der Waals surface area contributed by atoms with E-state index in [-0.39, 0.29) is 0 Å². The number of aryl methyl sites for hydroxylation is 1. The molecule has 0 radical (unpaired) electrons. The predicted octanol–water partition coefficient (Wildman–Crippen LogP) is 1.11. The normalized spacial score (nSPS) is 12.6. The summed E-state index contributed by atoms with van der Waals surface area (Å²) in [6.45, 7) is 1.55. The smallest absolute Gasteiger partial charge is 0.328 e. The second-order valence-electron chi connectivity index (χ2n) is 3.73. The van der Waals surface area contributed by atoms with E-state index in [2.05, 4.69) is 15.3 Å². The van der Waals surface area contributed by atoms with Crippen LogP contribution in [0.1, 0.15) is 11.8 Å². The maximum Gasteiger partial charge on any atom is 0.328 e. The number of thiophene rings is 1. The Morgan fingerprint density at radius 3 is 2.94 bits per heavy atom. The molecule has 0 spiro atoms. The van der Waals surface area contributed by atoms with Crippen molar-refractivity contribution >= 4 is 33.3 Å². The first kappa shape index (κ1) is 12.7. The van der Waals surface area contributed by atoms with Crippen LogP contribution >= 0.6 is 11.3 Å². The second kappa shape index (κ2) is 5.28. The fourth-order valence-electron chi connectivity index (χ4n) is 1.55. The van der Waals surface area contributed by atoms with Gasteiger partial charge in [-0.25, -0.2) is 14.8 Å². The third kappa shape index (κ3) is 2.41. The highest BCUT2D eigenvalue weighted by atomic mass is 32.1. The SMILES string of the molecule is CCc1cc2c(N[C@@H](CO)C(=O)O)ncnc2s1. The summed E-state index contributed by atoms with van der Waals surface area (Å²) in [5, 5.41) is 21.4. The van der Waals surface area contributed by atoms with Gasteiger partial charge in [0.2, 0.25) is 0 Å². The molecular formula is C11H13N3O3S. The van der Waals surface area contributed by atoms with Crippen LogP contribution in [0.2, 0.25) is 0 Å². The van der Waals surface area contributed by atoms with E-state index < -0.39 is 18.6 Å². The van der Waals surface area contributed by atoms with Gasteiger partial charge in [0.15, 0.2) is 0 Å². The van der Waals surface area contributed by atoms with Gasteiger partial charge in [-0.05, 0) is 12.5 Å². The molecule has 0 aromatic carbocycles. The van der Waals surface area contributed by atoms with Gasteiger partial charge in [0.25, 0.3) is 0 Å². The topological polar surface area (TPSA) is 95.3 Å². The number of carboxylic acids is 1. The molecule has 7 heteroatoms. The van der Waals surface area contributed by atoms with Gasteiger partial charge < -0.3 is 15.5 Å². The van der Waals surface area contributed by atoms with Crippen molar-refractivity contribution in [2.24, 2.45) is 0 Å². The Labute approximate surface area is 107 Å². The van der Waals surface area contributed by atoms with Crippen molar-refractivity contribution in [3.05, 3.63) is 17.3 Å².